The molecule has 1 saturated heterocycles. The number of benzene rings is 2. The van der Waals surface area contributed by atoms with Crippen molar-refractivity contribution >= 4 is 27.3 Å². The van der Waals surface area contributed by atoms with Crippen LogP contribution in [0.3, 0.4) is 0 Å². The first kappa shape index (κ1) is 19.9. The summed E-state index contributed by atoms with van der Waals surface area (Å²) in [5, 5.41) is -0.293. The molecule has 0 atom stereocenters. The Morgan fingerprint density at radius 2 is 1.63 bits per heavy atom. The van der Waals surface area contributed by atoms with Crippen LogP contribution in [-0.4, -0.2) is 38.9 Å². The number of rotatable bonds is 3. The van der Waals surface area contributed by atoms with Gasteiger partial charge in [-0.05, 0) is 36.4 Å². The molecule has 1 heterocycles. The first-order valence-electron chi connectivity index (χ1n) is 7.96. The first-order chi connectivity index (χ1) is 12.6. The van der Waals surface area contributed by atoms with E-state index in [-0.39, 0.29) is 36.1 Å². The van der Waals surface area contributed by atoms with Crippen LogP contribution in [0.15, 0.2) is 47.4 Å². The second kappa shape index (κ2) is 7.29. The topological polar surface area (TPSA) is 40.6 Å². The van der Waals surface area contributed by atoms with E-state index in [4.69, 9.17) is 11.6 Å². The van der Waals surface area contributed by atoms with Crippen LogP contribution in [0.4, 0.5) is 23.2 Å². The molecule has 0 aromatic heterocycles. The molecule has 0 aliphatic carbocycles. The van der Waals surface area contributed by atoms with Crippen LogP contribution in [-0.2, 0) is 16.2 Å². The molecule has 0 unspecified atom stereocenters. The summed E-state index contributed by atoms with van der Waals surface area (Å²) in [5.74, 6) is -0.718. The van der Waals surface area contributed by atoms with E-state index >= 15 is 0 Å². The van der Waals surface area contributed by atoms with E-state index in [9.17, 15) is 26.0 Å². The number of alkyl halides is 3. The van der Waals surface area contributed by atoms with Crippen molar-refractivity contribution in [3.63, 3.8) is 0 Å². The SMILES string of the molecule is O=S(=O)(c1ccc(F)c(Cl)c1)N1CCN(c2cccc(C(F)(F)F)c2)CC1. The van der Waals surface area contributed by atoms with Gasteiger partial charge in [0.2, 0.25) is 10.0 Å². The van der Waals surface area contributed by atoms with Crippen LogP contribution in [0.25, 0.3) is 0 Å². The zero-order valence-corrected chi connectivity index (χ0v) is 15.5. The second-order valence-corrected chi connectivity index (χ2v) is 8.36. The molecule has 27 heavy (non-hydrogen) atoms. The molecule has 0 N–H and O–H groups in total. The molecular weight excluding hydrogens is 408 g/mol. The summed E-state index contributed by atoms with van der Waals surface area (Å²) in [4.78, 5) is 1.57. The van der Waals surface area contributed by atoms with Gasteiger partial charge in [-0.25, -0.2) is 12.8 Å². The third kappa shape index (κ3) is 4.20. The summed E-state index contributed by atoms with van der Waals surface area (Å²) in [6.45, 7) is 0.645. The summed E-state index contributed by atoms with van der Waals surface area (Å²) in [6, 6.07) is 8.07. The lowest BCUT2D eigenvalue weighted by atomic mass is 10.1. The summed E-state index contributed by atoms with van der Waals surface area (Å²) in [7, 11) is -3.86. The van der Waals surface area contributed by atoms with Crippen molar-refractivity contribution in [3.8, 4) is 0 Å². The summed E-state index contributed by atoms with van der Waals surface area (Å²) >= 11 is 5.66. The number of piperazine rings is 1. The second-order valence-electron chi connectivity index (χ2n) is 6.02. The Morgan fingerprint density at radius 3 is 2.22 bits per heavy atom. The van der Waals surface area contributed by atoms with Crippen molar-refractivity contribution in [1.82, 2.24) is 4.31 Å². The third-order valence-corrected chi connectivity index (χ3v) is 6.49. The molecule has 1 fully saturated rings. The maximum Gasteiger partial charge on any atom is 0.416 e. The van der Waals surface area contributed by atoms with E-state index < -0.39 is 27.6 Å². The molecule has 1 aliphatic rings. The largest absolute Gasteiger partial charge is 0.416 e. The molecule has 10 heteroatoms. The predicted octanol–water partition coefficient (Wildman–Crippen LogP) is 4.01. The highest BCUT2D eigenvalue weighted by atomic mass is 35.5. The Hall–Kier alpha value is -1.84. The number of hydrogen-bond donors (Lipinski definition) is 0. The number of nitrogens with zero attached hydrogens (tertiary/aromatic N) is 2. The van der Waals surface area contributed by atoms with Gasteiger partial charge in [-0.3, -0.25) is 0 Å². The zero-order valence-electron chi connectivity index (χ0n) is 13.9. The van der Waals surface area contributed by atoms with Gasteiger partial charge in [0.05, 0.1) is 15.5 Å². The minimum absolute atomic E-state index is 0.0908. The van der Waals surface area contributed by atoms with Crippen LogP contribution in [0, 0.1) is 5.82 Å². The standard InChI is InChI=1S/C17H15ClF4N2O2S/c18-15-11-14(4-5-16(15)19)27(25,26)24-8-6-23(7-9-24)13-3-1-2-12(10-13)17(20,21)22/h1-5,10-11H,6-9H2. The van der Waals surface area contributed by atoms with E-state index in [1.54, 1.807) is 11.0 Å². The average Bonchev–Trinajstić information content (AvgIpc) is 2.63. The Morgan fingerprint density at radius 1 is 0.963 bits per heavy atom. The highest BCUT2D eigenvalue weighted by molar-refractivity contribution is 7.89. The molecule has 4 nitrogen and oxygen atoms in total. The molecule has 3 rings (SSSR count). The van der Waals surface area contributed by atoms with Crippen molar-refractivity contribution in [2.75, 3.05) is 31.1 Å². The molecule has 0 spiro atoms. The van der Waals surface area contributed by atoms with Gasteiger partial charge >= 0.3 is 6.18 Å². The van der Waals surface area contributed by atoms with Crippen LogP contribution in [0.1, 0.15) is 5.56 Å². The first-order valence-corrected chi connectivity index (χ1v) is 9.78. The van der Waals surface area contributed by atoms with Gasteiger partial charge in [-0.1, -0.05) is 17.7 Å². The van der Waals surface area contributed by atoms with E-state index in [0.717, 1.165) is 30.3 Å². The molecule has 0 radical (unpaired) electrons. The number of halogens is 5. The van der Waals surface area contributed by atoms with E-state index in [1.807, 2.05) is 0 Å². The lowest BCUT2D eigenvalue weighted by Gasteiger charge is -2.35. The molecule has 0 saturated carbocycles. The minimum atomic E-state index is -4.44. The van der Waals surface area contributed by atoms with Crippen molar-refractivity contribution < 1.29 is 26.0 Å². The molecule has 0 amide bonds. The Bertz CT molecular complexity index is 942. The molecule has 1 aliphatic heterocycles. The third-order valence-electron chi connectivity index (χ3n) is 4.31. The van der Waals surface area contributed by atoms with Gasteiger partial charge < -0.3 is 4.90 Å². The van der Waals surface area contributed by atoms with Gasteiger partial charge in [-0.15, -0.1) is 0 Å². The minimum Gasteiger partial charge on any atom is -0.369 e. The van der Waals surface area contributed by atoms with Crippen molar-refractivity contribution in [2.24, 2.45) is 0 Å². The highest BCUT2D eigenvalue weighted by Gasteiger charge is 2.32. The average molecular weight is 423 g/mol. The fourth-order valence-corrected chi connectivity index (χ4v) is 4.55. The van der Waals surface area contributed by atoms with E-state index in [0.29, 0.717) is 5.69 Å². The van der Waals surface area contributed by atoms with Crippen LogP contribution < -0.4 is 4.90 Å². The highest BCUT2D eigenvalue weighted by Crippen LogP contribution is 2.32. The molecular formula is C17H15ClF4N2O2S. The van der Waals surface area contributed by atoms with Crippen molar-refractivity contribution in [2.45, 2.75) is 11.1 Å². The zero-order chi connectivity index (χ0) is 19.8. The van der Waals surface area contributed by atoms with E-state index in [2.05, 4.69) is 0 Å². The monoisotopic (exact) mass is 422 g/mol. The normalized spacial score (nSPS) is 16.6. The molecule has 146 valence electrons. The van der Waals surface area contributed by atoms with Gasteiger partial charge in [-0.2, -0.15) is 17.5 Å². The lowest BCUT2D eigenvalue weighted by molar-refractivity contribution is -0.137. The van der Waals surface area contributed by atoms with Crippen LogP contribution in [0.5, 0.6) is 0 Å². The fourth-order valence-electron chi connectivity index (χ4n) is 2.85. The number of sulfonamides is 1. The van der Waals surface area contributed by atoms with Gasteiger partial charge in [0.1, 0.15) is 5.82 Å². The Labute approximate surface area is 159 Å². The molecule has 2 aromatic rings. The van der Waals surface area contributed by atoms with Gasteiger partial charge in [0.15, 0.2) is 0 Å². The van der Waals surface area contributed by atoms with Gasteiger partial charge in [0, 0.05) is 31.9 Å². The Balaban J connectivity index is 1.74. The molecule has 0 bridgehead atoms. The van der Waals surface area contributed by atoms with Crippen molar-refractivity contribution in [1.29, 1.82) is 0 Å². The summed E-state index contributed by atoms with van der Waals surface area (Å²) in [5.41, 5.74) is -0.372. The molecule has 2 aromatic carbocycles. The maximum atomic E-state index is 13.3. The quantitative estimate of drug-likeness (QED) is 0.702. The van der Waals surface area contributed by atoms with Gasteiger partial charge in [0.25, 0.3) is 0 Å². The van der Waals surface area contributed by atoms with Crippen LogP contribution >= 0.6 is 11.6 Å². The summed E-state index contributed by atoms with van der Waals surface area (Å²) < 4.78 is 78.4. The summed E-state index contributed by atoms with van der Waals surface area (Å²) in [6.07, 6.45) is -4.44. The van der Waals surface area contributed by atoms with Crippen LogP contribution in [0.2, 0.25) is 5.02 Å². The van der Waals surface area contributed by atoms with E-state index in [1.165, 1.54) is 10.4 Å². The predicted molar refractivity (Wildman–Crippen MR) is 93.8 cm³/mol. The number of anilines is 1. The fraction of sp³-hybridized carbons (Fsp3) is 0.294. The van der Waals surface area contributed by atoms with Crippen molar-refractivity contribution in [3.05, 3.63) is 58.9 Å². The Kier molecular flexibility index (Phi) is 5.38. The smallest absolute Gasteiger partial charge is 0.369 e. The lowest BCUT2D eigenvalue weighted by Crippen LogP contribution is -2.48. The maximum absolute atomic E-state index is 13.3. The number of hydrogen-bond acceptors (Lipinski definition) is 3.